The molecule has 0 amide bonds. The van der Waals surface area contributed by atoms with Crippen molar-refractivity contribution in [3.8, 4) is 22.8 Å². The van der Waals surface area contributed by atoms with Gasteiger partial charge < -0.3 is 10.3 Å². The second kappa shape index (κ2) is 5.97. The zero-order chi connectivity index (χ0) is 14.7. The minimum absolute atomic E-state index is 0.424. The largest absolute Gasteiger partial charge is 0.384 e. The predicted octanol–water partition coefficient (Wildman–Crippen LogP) is 3.49. The molecule has 0 spiro atoms. The summed E-state index contributed by atoms with van der Waals surface area (Å²) in [5.41, 5.74) is 7.34. The first kappa shape index (κ1) is 13.6. The molecule has 1 aromatic carbocycles. The SMILES string of the molecule is CCSc1ccc(-c2noc(-c3ccnc(N)c3)n2)cc1. The van der Waals surface area contributed by atoms with Gasteiger partial charge in [0.2, 0.25) is 5.82 Å². The number of benzene rings is 1. The lowest BCUT2D eigenvalue weighted by Crippen LogP contribution is -1.89. The van der Waals surface area contributed by atoms with Crippen molar-refractivity contribution in [1.82, 2.24) is 15.1 Å². The number of aromatic nitrogens is 3. The Morgan fingerprint density at radius 1 is 1.14 bits per heavy atom. The van der Waals surface area contributed by atoms with Crippen LogP contribution in [0.4, 0.5) is 5.82 Å². The summed E-state index contributed by atoms with van der Waals surface area (Å²) in [7, 11) is 0. The van der Waals surface area contributed by atoms with Gasteiger partial charge in [0.25, 0.3) is 5.89 Å². The topological polar surface area (TPSA) is 77.8 Å². The van der Waals surface area contributed by atoms with Crippen molar-refractivity contribution in [2.75, 3.05) is 11.5 Å². The van der Waals surface area contributed by atoms with Gasteiger partial charge in [-0.05, 0) is 42.2 Å². The number of anilines is 1. The van der Waals surface area contributed by atoms with Gasteiger partial charge in [0, 0.05) is 22.2 Å². The number of hydrogen-bond acceptors (Lipinski definition) is 6. The van der Waals surface area contributed by atoms with Crippen LogP contribution in [0.2, 0.25) is 0 Å². The maximum Gasteiger partial charge on any atom is 0.258 e. The molecule has 0 saturated heterocycles. The fourth-order valence-electron chi connectivity index (χ4n) is 1.91. The summed E-state index contributed by atoms with van der Waals surface area (Å²) < 4.78 is 5.29. The molecule has 21 heavy (non-hydrogen) atoms. The van der Waals surface area contributed by atoms with Crippen LogP contribution in [-0.2, 0) is 0 Å². The zero-order valence-electron chi connectivity index (χ0n) is 11.5. The van der Waals surface area contributed by atoms with Crippen LogP contribution in [0.1, 0.15) is 6.92 Å². The number of nitrogens with two attached hydrogens (primary N) is 1. The van der Waals surface area contributed by atoms with Gasteiger partial charge in [-0.1, -0.05) is 12.1 Å². The molecule has 6 heteroatoms. The summed E-state index contributed by atoms with van der Waals surface area (Å²) in [5, 5.41) is 4.01. The van der Waals surface area contributed by atoms with E-state index in [1.54, 1.807) is 30.1 Å². The minimum Gasteiger partial charge on any atom is -0.384 e. The molecule has 0 aliphatic rings. The number of pyridine rings is 1. The molecule has 2 N–H and O–H groups in total. The van der Waals surface area contributed by atoms with Crippen LogP contribution < -0.4 is 5.73 Å². The van der Waals surface area contributed by atoms with E-state index in [1.165, 1.54) is 4.90 Å². The molecule has 0 unspecified atom stereocenters. The van der Waals surface area contributed by atoms with E-state index < -0.39 is 0 Å². The van der Waals surface area contributed by atoms with Crippen LogP contribution in [0.5, 0.6) is 0 Å². The predicted molar refractivity (Wildman–Crippen MR) is 83.8 cm³/mol. The second-order valence-corrected chi connectivity index (χ2v) is 5.69. The lowest BCUT2D eigenvalue weighted by molar-refractivity contribution is 0.432. The molecule has 0 atom stereocenters. The highest BCUT2D eigenvalue weighted by molar-refractivity contribution is 7.99. The molecule has 0 aliphatic carbocycles. The third-order valence-corrected chi connectivity index (χ3v) is 3.77. The lowest BCUT2D eigenvalue weighted by Gasteiger charge is -1.98. The number of nitrogens with zero attached hydrogens (tertiary/aromatic N) is 3. The van der Waals surface area contributed by atoms with Crippen LogP contribution in [0.25, 0.3) is 22.8 Å². The zero-order valence-corrected chi connectivity index (χ0v) is 12.3. The van der Waals surface area contributed by atoms with Gasteiger partial charge in [-0.2, -0.15) is 4.98 Å². The minimum atomic E-state index is 0.424. The van der Waals surface area contributed by atoms with E-state index >= 15 is 0 Å². The van der Waals surface area contributed by atoms with Crippen molar-refractivity contribution in [1.29, 1.82) is 0 Å². The van der Waals surface area contributed by atoms with E-state index in [0.717, 1.165) is 16.9 Å². The summed E-state index contributed by atoms with van der Waals surface area (Å²) >= 11 is 1.80. The first-order chi connectivity index (χ1) is 10.3. The van der Waals surface area contributed by atoms with Crippen molar-refractivity contribution in [3.05, 3.63) is 42.6 Å². The highest BCUT2D eigenvalue weighted by atomic mass is 32.2. The molecule has 0 saturated carbocycles. The number of hydrogen-bond donors (Lipinski definition) is 1. The molecule has 0 fully saturated rings. The molecule has 0 bridgehead atoms. The monoisotopic (exact) mass is 298 g/mol. The van der Waals surface area contributed by atoms with E-state index in [2.05, 4.69) is 34.2 Å². The van der Waals surface area contributed by atoms with E-state index in [4.69, 9.17) is 10.3 Å². The third kappa shape index (κ3) is 3.05. The maximum absolute atomic E-state index is 5.66. The lowest BCUT2D eigenvalue weighted by atomic mass is 10.2. The van der Waals surface area contributed by atoms with E-state index in [1.807, 2.05) is 12.1 Å². The van der Waals surface area contributed by atoms with Crippen LogP contribution in [0.15, 0.2) is 52.0 Å². The Hall–Kier alpha value is -2.34. The summed E-state index contributed by atoms with van der Waals surface area (Å²) in [5.74, 6) is 2.47. The molecule has 3 rings (SSSR count). The van der Waals surface area contributed by atoms with E-state index in [9.17, 15) is 0 Å². The number of thioether (sulfide) groups is 1. The van der Waals surface area contributed by atoms with Crippen LogP contribution >= 0.6 is 11.8 Å². The Kier molecular flexibility index (Phi) is 3.87. The average Bonchev–Trinajstić information content (AvgIpc) is 2.98. The highest BCUT2D eigenvalue weighted by Gasteiger charge is 2.11. The molecule has 2 aromatic heterocycles. The summed E-state index contributed by atoms with van der Waals surface area (Å²) in [6.45, 7) is 2.13. The Morgan fingerprint density at radius 2 is 1.95 bits per heavy atom. The van der Waals surface area contributed by atoms with Gasteiger partial charge in [-0.3, -0.25) is 0 Å². The van der Waals surface area contributed by atoms with Gasteiger partial charge in [0.05, 0.1) is 0 Å². The second-order valence-electron chi connectivity index (χ2n) is 4.35. The average molecular weight is 298 g/mol. The van der Waals surface area contributed by atoms with Crippen LogP contribution in [0, 0.1) is 0 Å². The molecule has 106 valence electrons. The summed E-state index contributed by atoms with van der Waals surface area (Å²) in [4.78, 5) is 9.57. The molecule has 5 nitrogen and oxygen atoms in total. The standard InChI is InChI=1S/C15H14N4OS/c1-2-21-12-5-3-10(4-6-12)14-18-15(20-19-14)11-7-8-17-13(16)9-11/h3-9H,2H2,1H3,(H2,16,17). The van der Waals surface area contributed by atoms with Gasteiger partial charge in [0.15, 0.2) is 0 Å². The molecule has 2 heterocycles. The fourth-order valence-corrected chi connectivity index (χ4v) is 2.57. The van der Waals surface area contributed by atoms with Gasteiger partial charge in [-0.15, -0.1) is 11.8 Å². The molecular weight excluding hydrogens is 284 g/mol. The van der Waals surface area contributed by atoms with Crippen molar-refractivity contribution >= 4 is 17.6 Å². The van der Waals surface area contributed by atoms with Gasteiger partial charge in [-0.25, -0.2) is 4.98 Å². The smallest absolute Gasteiger partial charge is 0.258 e. The van der Waals surface area contributed by atoms with Crippen molar-refractivity contribution in [2.24, 2.45) is 0 Å². The Balaban J connectivity index is 1.87. The molecule has 0 aliphatic heterocycles. The molecule has 3 aromatic rings. The first-order valence-corrected chi connectivity index (χ1v) is 7.53. The van der Waals surface area contributed by atoms with Crippen LogP contribution in [0.3, 0.4) is 0 Å². The quantitative estimate of drug-likeness (QED) is 0.743. The van der Waals surface area contributed by atoms with Crippen molar-refractivity contribution < 1.29 is 4.52 Å². The fraction of sp³-hybridized carbons (Fsp3) is 0.133. The van der Waals surface area contributed by atoms with Gasteiger partial charge >= 0.3 is 0 Å². The third-order valence-electron chi connectivity index (χ3n) is 2.88. The van der Waals surface area contributed by atoms with Gasteiger partial charge in [0.1, 0.15) is 5.82 Å². The number of nitrogen functional groups attached to an aromatic ring is 1. The Labute approximate surface area is 126 Å². The van der Waals surface area contributed by atoms with E-state index in [0.29, 0.717) is 17.5 Å². The molecular formula is C15H14N4OS. The van der Waals surface area contributed by atoms with Crippen molar-refractivity contribution in [3.63, 3.8) is 0 Å². The summed E-state index contributed by atoms with van der Waals surface area (Å²) in [6.07, 6.45) is 1.62. The normalized spacial score (nSPS) is 10.7. The summed E-state index contributed by atoms with van der Waals surface area (Å²) in [6, 6.07) is 11.6. The molecule has 0 radical (unpaired) electrons. The highest BCUT2D eigenvalue weighted by Crippen LogP contribution is 2.25. The maximum atomic E-state index is 5.66. The first-order valence-electron chi connectivity index (χ1n) is 6.55. The van der Waals surface area contributed by atoms with Crippen molar-refractivity contribution in [2.45, 2.75) is 11.8 Å². The van der Waals surface area contributed by atoms with Crippen LogP contribution in [-0.4, -0.2) is 20.9 Å². The Morgan fingerprint density at radius 3 is 2.67 bits per heavy atom. The number of rotatable bonds is 4. The Bertz CT molecular complexity index is 739. The van der Waals surface area contributed by atoms with E-state index in [-0.39, 0.29) is 0 Å².